The summed E-state index contributed by atoms with van der Waals surface area (Å²) >= 11 is 0. The largest absolute Gasteiger partial charge is 0.477 e. The number of rotatable bonds is 4. The molecule has 0 spiro atoms. The van der Waals surface area contributed by atoms with Crippen LogP contribution >= 0.6 is 0 Å². The maximum absolute atomic E-state index is 11.1. The van der Waals surface area contributed by atoms with E-state index in [0.717, 1.165) is 11.9 Å². The van der Waals surface area contributed by atoms with E-state index in [0.29, 0.717) is 23.7 Å². The van der Waals surface area contributed by atoms with Gasteiger partial charge in [0, 0.05) is 18.7 Å². The summed E-state index contributed by atoms with van der Waals surface area (Å²) in [5.41, 5.74) is 1.80. The van der Waals surface area contributed by atoms with E-state index in [9.17, 15) is 4.79 Å². The molecule has 2 heterocycles. The zero-order valence-corrected chi connectivity index (χ0v) is 9.43. The van der Waals surface area contributed by atoms with E-state index in [1.165, 1.54) is 0 Å². The maximum atomic E-state index is 11.1. The van der Waals surface area contributed by atoms with Gasteiger partial charge in [0.05, 0.1) is 11.8 Å². The van der Waals surface area contributed by atoms with Gasteiger partial charge in [-0.2, -0.15) is 0 Å². The summed E-state index contributed by atoms with van der Waals surface area (Å²) in [6.45, 7) is 4.95. The molecule has 0 aliphatic heterocycles. The van der Waals surface area contributed by atoms with Gasteiger partial charge in [0.2, 0.25) is 0 Å². The summed E-state index contributed by atoms with van der Waals surface area (Å²) in [5, 5.41) is 9.09. The third-order valence-corrected chi connectivity index (χ3v) is 2.67. The van der Waals surface area contributed by atoms with E-state index in [1.807, 2.05) is 6.07 Å². The first-order valence-electron chi connectivity index (χ1n) is 5.39. The van der Waals surface area contributed by atoms with E-state index < -0.39 is 5.97 Å². The van der Waals surface area contributed by atoms with E-state index in [2.05, 4.69) is 13.8 Å². The molecule has 0 saturated heterocycles. The number of nitrogens with zero attached hydrogens (tertiary/aromatic N) is 1. The van der Waals surface area contributed by atoms with Crippen molar-refractivity contribution in [2.24, 2.45) is 5.92 Å². The summed E-state index contributed by atoms with van der Waals surface area (Å²) in [6.07, 6.45) is 2.54. The number of fused-ring (bicyclic) bond motifs is 1. The molecule has 0 radical (unpaired) electrons. The first-order valence-corrected chi connectivity index (χ1v) is 5.39. The molecule has 2 aromatic rings. The fourth-order valence-electron chi connectivity index (χ4n) is 1.78. The molecule has 0 saturated carbocycles. The van der Waals surface area contributed by atoms with Crippen molar-refractivity contribution < 1.29 is 14.3 Å². The molecule has 2 aromatic heterocycles. The first kappa shape index (κ1) is 10.8. The monoisotopic (exact) mass is 221 g/mol. The zero-order valence-electron chi connectivity index (χ0n) is 9.43. The molecule has 0 atom stereocenters. The predicted octanol–water partition coefficient (Wildman–Crippen LogP) is 2.98. The third kappa shape index (κ3) is 1.83. The van der Waals surface area contributed by atoms with Crippen LogP contribution in [0.25, 0.3) is 11.1 Å². The molecule has 1 N–H and O–H groups in total. The van der Waals surface area contributed by atoms with E-state index in [1.54, 1.807) is 16.9 Å². The lowest BCUT2D eigenvalue weighted by Gasteiger charge is -2.08. The van der Waals surface area contributed by atoms with Crippen LogP contribution in [-0.4, -0.2) is 15.6 Å². The highest BCUT2D eigenvalue weighted by Gasteiger charge is 2.16. The Morgan fingerprint density at radius 2 is 2.31 bits per heavy atom. The standard InChI is InChI=1S/C12H15NO3/c1-8(2)3-5-13-9-4-6-16-11(9)7-10(13)12(14)15/h4,6-8H,3,5H2,1-2H3,(H,14,15). The van der Waals surface area contributed by atoms with E-state index in [-0.39, 0.29) is 0 Å². The molecule has 86 valence electrons. The summed E-state index contributed by atoms with van der Waals surface area (Å²) in [4.78, 5) is 11.1. The molecule has 0 unspecified atom stereocenters. The Balaban J connectivity index is 2.41. The van der Waals surface area contributed by atoms with Gasteiger partial charge in [0.1, 0.15) is 5.69 Å². The van der Waals surface area contributed by atoms with Crippen molar-refractivity contribution in [1.82, 2.24) is 4.57 Å². The molecule has 2 rings (SSSR count). The first-order chi connectivity index (χ1) is 7.59. The fourth-order valence-corrected chi connectivity index (χ4v) is 1.78. The van der Waals surface area contributed by atoms with Gasteiger partial charge in [0.15, 0.2) is 5.58 Å². The van der Waals surface area contributed by atoms with Gasteiger partial charge in [-0.1, -0.05) is 13.8 Å². The van der Waals surface area contributed by atoms with Gasteiger partial charge in [0.25, 0.3) is 0 Å². The quantitative estimate of drug-likeness (QED) is 0.863. The Hall–Kier alpha value is -1.71. The number of hydrogen-bond acceptors (Lipinski definition) is 2. The van der Waals surface area contributed by atoms with Crippen molar-refractivity contribution in [2.45, 2.75) is 26.8 Å². The number of aromatic carboxylic acids is 1. The molecular formula is C12H15NO3. The third-order valence-electron chi connectivity index (χ3n) is 2.67. The van der Waals surface area contributed by atoms with Crippen molar-refractivity contribution in [2.75, 3.05) is 0 Å². The number of furan rings is 1. The average molecular weight is 221 g/mol. The van der Waals surface area contributed by atoms with E-state index >= 15 is 0 Å². The van der Waals surface area contributed by atoms with Gasteiger partial charge in [-0.15, -0.1) is 0 Å². The Morgan fingerprint density at radius 1 is 1.56 bits per heavy atom. The SMILES string of the molecule is CC(C)CCn1c(C(=O)O)cc2occc21. The molecule has 0 bridgehead atoms. The normalized spacial score (nSPS) is 11.4. The number of aryl methyl sites for hydroxylation is 1. The van der Waals surface area contributed by atoms with Crippen LogP contribution in [0.5, 0.6) is 0 Å². The minimum Gasteiger partial charge on any atom is -0.477 e. The second-order valence-corrected chi connectivity index (χ2v) is 4.34. The summed E-state index contributed by atoms with van der Waals surface area (Å²) in [7, 11) is 0. The molecule has 0 aliphatic carbocycles. The topological polar surface area (TPSA) is 55.4 Å². The zero-order chi connectivity index (χ0) is 11.7. The average Bonchev–Trinajstić information content (AvgIpc) is 2.73. The lowest BCUT2D eigenvalue weighted by molar-refractivity contribution is 0.0685. The number of carboxylic acid groups (broad SMARTS) is 1. The van der Waals surface area contributed by atoms with Crippen molar-refractivity contribution in [3.05, 3.63) is 24.1 Å². The summed E-state index contributed by atoms with van der Waals surface area (Å²) in [5.74, 6) is -0.360. The molecule has 16 heavy (non-hydrogen) atoms. The van der Waals surface area contributed by atoms with Crippen LogP contribution in [0, 0.1) is 5.92 Å². The number of carbonyl (C=O) groups is 1. The van der Waals surface area contributed by atoms with Crippen LogP contribution in [0.15, 0.2) is 22.8 Å². The van der Waals surface area contributed by atoms with Crippen molar-refractivity contribution >= 4 is 17.1 Å². The molecule has 0 amide bonds. The minimum absolute atomic E-state index is 0.301. The number of aromatic nitrogens is 1. The molecule has 4 heteroatoms. The molecule has 4 nitrogen and oxygen atoms in total. The van der Waals surface area contributed by atoms with Crippen molar-refractivity contribution in [1.29, 1.82) is 0 Å². The van der Waals surface area contributed by atoms with E-state index in [4.69, 9.17) is 9.52 Å². The Morgan fingerprint density at radius 3 is 2.94 bits per heavy atom. The Kier molecular flexibility index (Phi) is 2.73. The van der Waals surface area contributed by atoms with Gasteiger partial charge >= 0.3 is 5.97 Å². The number of hydrogen-bond donors (Lipinski definition) is 1. The summed E-state index contributed by atoms with van der Waals surface area (Å²) in [6, 6.07) is 3.39. The summed E-state index contributed by atoms with van der Waals surface area (Å²) < 4.78 is 7.02. The number of carboxylic acids is 1. The van der Waals surface area contributed by atoms with Crippen LogP contribution in [0.4, 0.5) is 0 Å². The van der Waals surface area contributed by atoms with Crippen molar-refractivity contribution in [3.8, 4) is 0 Å². The Labute approximate surface area is 93.5 Å². The van der Waals surface area contributed by atoms with Crippen LogP contribution in [0.2, 0.25) is 0 Å². The highest BCUT2D eigenvalue weighted by atomic mass is 16.4. The molecule has 0 fully saturated rings. The van der Waals surface area contributed by atoms with Crippen LogP contribution in [0.3, 0.4) is 0 Å². The second kappa shape index (κ2) is 4.04. The minimum atomic E-state index is -0.907. The van der Waals surface area contributed by atoms with Crippen LogP contribution < -0.4 is 0 Å². The lowest BCUT2D eigenvalue weighted by atomic mass is 10.1. The van der Waals surface area contributed by atoms with Crippen LogP contribution in [0.1, 0.15) is 30.8 Å². The highest BCUT2D eigenvalue weighted by molar-refractivity contribution is 5.92. The fraction of sp³-hybridized carbons (Fsp3) is 0.417. The maximum Gasteiger partial charge on any atom is 0.352 e. The van der Waals surface area contributed by atoms with Crippen molar-refractivity contribution in [3.63, 3.8) is 0 Å². The second-order valence-electron chi connectivity index (χ2n) is 4.34. The highest BCUT2D eigenvalue weighted by Crippen LogP contribution is 2.22. The molecular weight excluding hydrogens is 206 g/mol. The lowest BCUT2D eigenvalue weighted by Crippen LogP contribution is -2.09. The van der Waals surface area contributed by atoms with Gasteiger partial charge in [-0.05, 0) is 12.3 Å². The van der Waals surface area contributed by atoms with Crippen LogP contribution in [-0.2, 0) is 6.54 Å². The van der Waals surface area contributed by atoms with Gasteiger partial charge in [-0.25, -0.2) is 4.79 Å². The smallest absolute Gasteiger partial charge is 0.352 e. The predicted molar refractivity (Wildman–Crippen MR) is 60.6 cm³/mol. The molecule has 0 aliphatic rings. The van der Waals surface area contributed by atoms with Gasteiger partial charge in [-0.3, -0.25) is 0 Å². The molecule has 0 aromatic carbocycles. The van der Waals surface area contributed by atoms with Gasteiger partial charge < -0.3 is 14.1 Å². The Bertz CT molecular complexity index is 507.